The zero-order valence-electron chi connectivity index (χ0n) is 9.01. The molecule has 12 heavy (non-hydrogen) atoms. The fourth-order valence-electron chi connectivity index (χ4n) is 1.89. The molecular weight excluding hydrogens is 148 g/mol. The third-order valence-electron chi connectivity index (χ3n) is 3.52. The zero-order valence-corrected chi connectivity index (χ0v) is 9.01. The molecule has 1 aliphatic rings. The van der Waals surface area contributed by atoms with Gasteiger partial charge in [-0.05, 0) is 27.2 Å². The molecule has 1 saturated heterocycles. The Kier molecular flexibility index (Phi) is 3.13. The molecule has 0 aromatic carbocycles. The molecule has 0 aromatic heterocycles. The molecule has 1 unspecified atom stereocenters. The Labute approximate surface area is 76.7 Å². The van der Waals surface area contributed by atoms with Crippen LogP contribution in [0, 0.1) is 0 Å². The summed E-state index contributed by atoms with van der Waals surface area (Å²) >= 11 is 0. The molecule has 2 nitrogen and oxygen atoms in total. The number of rotatable bonds is 4. The molecule has 0 amide bonds. The van der Waals surface area contributed by atoms with Crippen LogP contribution in [-0.4, -0.2) is 41.9 Å². The largest absolute Gasteiger partial charge is 0.299 e. The van der Waals surface area contributed by atoms with Crippen LogP contribution in [0.3, 0.4) is 0 Å². The van der Waals surface area contributed by atoms with Gasteiger partial charge in [0.1, 0.15) is 13.3 Å². The van der Waals surface area contributed by atoms with E-state index in [-0.39, 0.29) is 0 Å². The van der Waals surface area contributed by atoms with Crippen LogP contribution >= 0.6 is 0 Å². The Bertz CT molecular complexity index is 133. The van der Waals surface area contributed by atoms with Crippen molar-refractivity contribution in [1.82, 2.24) is 4.90 Å². The van der Waals surface area contributed by atoms with Crippen LogP contribution in [0.1, 0.15) is 34.1 Å². The molecule has 0 aromatic rings. The average Bonchev–Trinajstić information content (AvgIpc) is 2.04. The van der Waals surface area contributed by atoms with Gasteiger partial charge in [-0.25, -0.2) is 4.90 Å². The van der Waals surface area contributed by atoms with Crippen molar-refractivity contribution in [3.05, 3.63) is 0 Å². The summed E-state index contributed by atoms with van der Waals surface area (Å²) in [4.78, 5) is 2.59. The first-order valence-electron chi connectivity index (χ1n) is 5.26. The van der Waals surface area contributed by atoms with E-state index in [2.05, 4.69) is 32.6 Å². The first-order valence-corrected chi connectivity index (χ1v) is 5.26. The SMILES string of the molecule is CCC(C)N1C[N+](CC)(CC)C1. The highest BCUT2D eigenvalue weighted by atomic mass is 15.6. The predicted octanol–water partition coefficient (Wildman–Crippen LogP) is 1.87. The highest BCUT2D eigenvalue weighted by Gasteiger charge is 2.40. The van der Waals surface area contributed by atoms with E-state index in [1.165, 1.54) is 37.3 Å². The molecule has 1 fully saturated rings. The van der Waals surface area contributed by atoms with Crippen molar-refractivity contribution in [2.45, 2.75) is 40.2 Å². The second-order valence-electron chi connectivity index (χ2n) is 4.10. The van der Waals surface area contributed by atoms with Crippen molar-refractivity contribution < 1.29 is 4.48 Å². The van der Waals surface area contributed by atoms with Crippen LogP contribution in [0.15, 0.2) is 0 Å². The standard InChI is InChI=1S/C10H23N2/c1-5-10(4)11-8-12(6-2,7-3)9-11/h10H,5-9H2,1-4H3/q+1. The highest BCUT2D eigenvalue weighted by Crippen LogP contribution is 2.23. The van der Waals surface area contributed by atoms with Gasteiger partial charge in [0, 0.05) is 6.04 Å². The van der Waals surface area contributed by atoms with E-state index in [1.54, 1.807) is 0 Å². The highest BCUT2D eigenvalue weighted by molar-refractivity contribution is 4.65. The first-order chi connectivity index (χ1) is 5.67. The van der Waals surface area contributed by atoms with Crippen molar-refractivity contribution >= 4 is 0 Å². The lowest BCUT2D eigenvalue weighted by Crippen LogP contribution is -2.70. The monoisotopic (exact) mass is 171 g/mol. The van der Waals surface area contributed by atoms with Gasteiger partial charge in [-0.15, -0.1) is 0 Å². The third kappa shape index (κ3) is 1.64. The van der Waals surface area contributed by atoms with Crippen molar-refractivity contribution in [2.75, 3.05) is 26.4 Å². The van der Waals surface area contributed by atoms with Crippen LogP contribution in [-0.2, 0) is 0 Å². The van der Waals surface area contributed by atoms with Crippen LogP contribution in [0.2, 0.25) is 0 Å². The van der Waals surface area contributed by atoms with Gasteiger partial charge in [-0.3, -0.25) is 4.48 Å². The zero-order chi connectivity index (χ0) is 9.19. The molecule has 0 N–H and O–H groups in total. The number of hydrogen-bond donors (Lipinski definition) is 0. The predicted molar refractivity (Wildman–Crippen MR) is 52.7 cm³/mol. The average molecular weight is 171 g/mol. The van der Waals surface area contributed by atoms with E-state index in [4.69, 9.17) is 0 Å². The summed E-state index contributed by atoms with van der Waals surface area (Å²) in [5.41, 5.74) is 0. The second-order valence-corrected chi connectivity index (χ2v) is 4.10. The quantitative estimate of drug-likeness (QED) is 0.584. The molecule has 0 spiro atoms. The van der Waals surface area contributed by atoms with Crippen molar-refractivity contribution in [3.8, 4) is 0 Å². The Morgan fingerprint density at radius 3 is 2.00 bits per heavy atom. The molecule has 0 saturated carbocycles. The summed E-state index contributed by atoms with van der Waals surface area (Å²) < 4.78 is 1.31. The normalized spacial score (nSPS) is 25.0. The van der Waals surface area contributed by atoms with Crippen molar-refractivity contribution in [3.63, 3.8) is 0 Å². The Balaban J connectivity index is 2.34. The molecule has 0 aliphatic carbocycles. The lowest BCUT2D eigenvalue weighted by Gasteiger charge is -2.53. The second kappa shape index (κ2) is 3.75. The maximum atomic E-state index is 2.59. The van der Waals surface area contributed by atoms with Gasteiger partial charge in [0.05, 0.1) is 13.1 Å². The van der Waals surface area contributed by atoms with Gasteiger partial charge in [-0.1, -0.05) is 6.92 Å². The molecular formula is C10H23N2+. The topological polar surface area (TPSA) is 3.24 Å². The van der Waals surface area contributed by atoms with Gasteiger partial charge < -0.3 is 0 Å². The fraction of sp³-hybridized carbons (Fsp3) is 1.00. The van der Waals surface area contributed by atoms with Crippen LogP contribution < -0.4 is 0 Å². The lowest BCUT2D eigenvalue weighted by atomic mass is 10.2. The van der Waals surface area contributed by atoms with Gasteiger partial charge in [0.15, 0.2) is 0 Å². The summed E-state index contributed by atoms with van der Waals surface area (Å²) in [6.07, 6.45) is 1.29. The number of quaternary nitrogens is 1. The van der Waals surface area contributed by atoms with Crippen LogP contribution in [0.4, 0.5) is 0 Å². The van der Waals surface area contributed by atoms with E-state index in [0.717, 1.165) is 6.04 Å². The minimum atomic E-state index is 0.786. The van der Waals surface area contributed by atoms with Gasteiger partial charge in [0.2, 0.25) is 0 Å². The lowest BCUT2D eigenvalue weighted by molar-refractivity contribution is -0.994. The van der Waals surface area contributed by atoms with Crippen molar-refractivity contribution in [2.24, 2.45) is 0 Å². The maximum absolute atomic E-state index is 2.59. The molecule has 0 radical (unpaired) electrons. The Morgan fingerprint density at radius 2 is 1.67 bits per heavy atom. The maximum Gasteiger partial charge on any atom is 0.140 e. The number of hydrogen-bond acceptors (Lipinski definition) is 1. The Hall–Kier alpha value is -0.0800. The smallest absolute Gasteiger partial charge is 0.140 e. The molecule has 2 heteroatoms. The molecule has 1 aliphatic heterocycles. The van der Waals surface area contributed by atoms with Crippen LogP contribution in [0.5, 0.6) is 0 Å². The summed E-state index contributed by atoms with van der Waals surface area (Å²) in [6.45, 7) is 14.4. The van der Waals surface area contributed by atoms with Gasteiger partial charge >= 0.3 is 0 Å². The molecule has 1 heterocycles. The minimum absolute atomic E-state index is 0.786. The molecule has 1 rings (SSSR count). The molecule has 72 valence electrons. The fourth-order valence-corrected chi connectivity index (χ4v) is 1.89. The van der Waals surface area contributed by atoms with Crippen molar-refractivity contribution in [1.29, 1.82) is 0 Å². The molecule has 0 bridgehead atoms. The third-order valence-corrected chi connectivity index (χ3v) is 3.52. The minimum Gasteiger partial charge on any atom is -0.299 e. The summed E-state index contributed by atoms with van der Waals surface area (Å²) in [7, 11) is 0. The van der Waals surface area contributed by atoms with Gasteiger partial charge in [0.25, 0.3) is 0 Å². The van der Waals surface area contributed by atoms with Crippen LogP contribution in [0.25, 0.3) is 0 Å². The summed E-state index contributed by atoms with van der Waals surface area (Å²) in [5, 5.41) is 0. The van der Waals surface area contributed by atoms with E-state index in [0.29, 0.717) is 0 Å². The van der Waals surface area contributed by atoms with E-state index in [1.807, 2.05) is 0 Å². The first kappa shape index (κ1) is 10.0. The summed E-state index contributed by atoms with van der Waals surface area (Å²) in [6, 6.07) is 0.786. The Morgan fingerprint density at radius 1 is 1.17 bits per heavy atom. The summed E-state index contributed by atoms with van der Waals surface area (Å²) in [5.74, 6) is 0. The van der Waals surface area contributed by atoms with Gasteiger partial charge in [-0.2, -0.15) is 0 Å². The van der Waals surface area contributed by atoms with E-state index in [9.17, 15) is 0 Å². The van der Waals surface area contributed by atoms with E-state index < -0.39 is 0 Å². The number of nitrogens with zero attached hydrogens (tertiary/aromatic N) is 2. The molecule has 1 atom stereocenters. The van der Waals surface area contributed by atoms with E-state index >= 15 is 0 Å².